The van der Waals surface area contributed by atoms with Crippen molar-refractivity contribution < 1.29 is 19.8 Å². The fraction of sp³-hybridized carbons (Fsp3) is 0.889. The number of hydrogen-bond acceptors (Lipinski definition) is 4. The van der Waals surface area contributed by atoms with Crippen LogP contribution in [0, 0.1) is 17.3 Å². The van der Waals surface area contributed by atoms with Crippen LogP contribution in [0.5, 0.6) is 0 Å². The molecular formula is C18H34N2O4. The number of aliphatic hydroxyl groups excluding tert-OH is 2. The van der Waals surface area contributed by atoms with Crippen LogP contribution < -0.4 is 5.73 Å². The summed E-state index contributed by atoms with van der Waals surface area (Å²) >= 11 is 0. The number of hydrogen-bond donors (Lipinski definition) is 3. The van der Waals surface area contributed by atoms with Crippen molar-refractivity contribution in [2.75, 3.05) is 13.2 Å². The van der Waals surface area contributed by atoms with Crippen LogP contribution in [-0.2, 0) is 9.59 Å². The summed E-state index contributed by atoms with van der Waals surface area (Å²) in [6.45, 7) is 7.28. The molecule has 1 aliphatic carbocycles. The van der Waals surface area contributed by atoms with Gasteiger partial charge < -0.3 is 20.8 Å². The summed E-state index contributed by atoms with van der Waals surface area (Å²) in [5.74, 6) is -0.908. The van der Waals surface area contributed by atoms with Gasteiger partial charge in [0.05, 0.1) is 25.3 Å². The third kappa shape index (κ3) is 4.09. The summed E-state index contributed by atoms with van der Waals surface area (Å²) < 4.78 is 0. The number of carbonyl (C=O) groups excluding carboxylic acids is 2. The molecule has 24 heavy (non-hydrogen) atoms. The maximum atomic E-state index is 13.5. The van der Waals surface area contributed by atoms with E-state index in [1.54, 1.807) is 4.90 Å². The van der Waals surface area contributed by atoms with Gasteiger partial charge in [-0.05, 0) is 24.7 Å². The zero-order valence-electron chi connectivity index (χ0n) is 15.5. The van der Waals surface area contributed by atoms with Crippen molar-refractivity contribution in [3.63, 3.8) is 0 Å². The molecule has 1 rings (SSSR count). The molecule has 0 spiro atoms. The normalized spacial score (nSPS) is 20.0. The van der Waals surface area contributed by atoms with Crippen molar-refractivity contribution in [1.82, 2.24) is 4.90 Å². The second kappa shape index (κ2) is 8.81. The highest BCUT2D eigenvalue weighted by atomic mass is 16.3. The second-order valence-corrected chi connectivity index (χ2v) is 7.71. The molecular weight excluding hydrogens is 308 g/mol. The Morgan fingerprint density at radius 1 is 0.958 bits per heavy atom. The topological polar surface area (TPSA) is 104 Å². The highest BCUT2D eigenvalue weighted by Crippen LogP contribution is 2.39. The van der Waals surface area contributed by atoms with E-state index in [2.05, 4.69) is 0 Å². The van der Waals surface area contributed by atoms with E-state index in [-0.39, 0.29) is 31.0 Å². The quantitative estimate of drug-likeness (QED) is 0.578. The van der Waals surface area contributed by atoms with Crippen LogP contribution in [0.3, 0.4) is 0 Å². The third-order valence-electron chi connectivity index (χ3n) is 5.45. The Morgan fingerprint density at radius 3 is 1.67 bits per heavy atom. The van der Waals surface area contributed by atoms with Crippen molar-refractivity contribution in [2.45, 2.75) is 71.9 Å². The van der Waals surface area contributed by atoms with Crippen LogP contribution in [-0.4, -0.2) is 52.2 Å². The van der Waals surface area contributed by atoms with Gasteiger partial charge in [-0.1, -0.05) is 47.0 Å². The summed E-state index contributed by atoms with van der Waals surface area (Å²) in [6, 6.07) is -0.898. The molecule has 0 radical (unpaired) electrons. The van der Waals surface area contributed by atoms with Gasteiger partial charge in [-0.3, -0.25) is 9.59 Å². The van der Waals surface area contributed by atoms with Crippen LogP contribution >= 0.6 is 0 Å². The van der Waals surface area contributed by atoms with Crippen LogP contribution in [0.2, 0.25) is 0 Å². The Kier molecular flexibility index (Phi) is 7.67. The first-order valence-corrected chi connectivity index (χ1v) is 9.07. The van der Waals surface area contributed by atoms with E-state index in [1.807, 2.05) is 27.7 Å². The van der Waals surface area contributed by atoms with Gasteiger partial charge in [0.1, 0.15) is 5.41 Å². The molecule has 1 saturated carbocycles. The lowest BCUT2D eigenvalue weighted by Crippen LogP contribution is -2.61. The van der Waals surface area contributed by atoms with E-state index in [0.717, 1.165) is 19.3 Å². The van der Waals surface area contributed by atoms with Crippen molar-refractivity contribution in [1.29, 1.82) is 0 Å². The minimum atomic E-state index is -1.21. The highest BCUT2D eigenvalue weighted by Gasteiger charge is 2.50. The van der Waals surface area contributed by atoms with Crippen molar-refractivity contribution >= 4 is 11.8 Å². The minimum absolute atomic E-state index is 0.000247. The van der Waals surface area contributed by atoms with Crippen LogP contribution in [0.1, 0.15) is 59.8 Å². The molecule has 1 fully saturated rings. The molecule has 0 aromatic carbocycles. The van der Waals surface area contributed by atoms with Crippen molar-refractivity contribution in [2.24, 2.45) is 23.0 Å². The molecule has 0 unspecified atom stereocenters. The number of aliphatic hydroxyl groups is 2. The average Bonchev–Trinajstić information content (AvgIpc) is 2.54. The Balaban J connectivity index is 3.34. The number of carbonyl (C=O) groups is 2. The summed E-state index contributed by atoms with van der Waals surface area (Å²) in [5.41, 5.74) is 4.46. The lowest BCUT2D eigenvalue weighted by atomic mass is 9.71. The number of nitrogens with two attached hydrogens (primary N) is 1. The van der Waals surface area contributed by atoms with Gasteiger partial charge in [-0.25, -0.2) is 0 Å². The number of nitrogens with zero attached hydrogens (tertiary/aromatic N) is 1. The maximum absolute atomic E-state index is 13.5. The molecule has 0 saturated heterocycles. The largest absolute Gasteiger partial charge is 0.394 e. The molecule has 4 N–H and O–H groups in total. The SMILES string of the molecule is CC(C)[C@H](CO)N(C(=O)C1(C(N)=O)CCCCC1)[C@@H](CO)C(C)C. The predicted molar refractivity (Wildman–Crippen MR) is 93.0 cm³/mol. The fourth-order valence-corrected chi connectivity index (χ4v) is 3.76. The molecule has 140 valence electrons. The van der Waals surface area contributed by atoms with E-state index in [0.29, 0.717) is 12.8 Å². The van der Waals surface area contributed by atoms with Gasteiger partial charge in [-0.2, -0.15) is 0 Å². The average molecular weight is 342 g/mol. The number of rotatable bonds is 8. The van der Waals surface area contributed by atoms with Crippen LogP contribution in [0.25, 0.3) is 0 Å². The number of amides is 2. The Bertz CT molecular complexity index is 415. The third-order valence-corrected chi connectivity index (χ3v) is 5.45. The van der Waals surface area contributed by atoms with Crippen molar-refractivity contribution in [3.05, 3.63) is 0 Å². The van der Waals surface area contributed by atoms with Gasteiger partial charge in [0.2, 0.25) is 11.8 Å². The summed E-state index contributed by atoms with van der Waals surface area (Å²) in [5, 5.41) is 19.7. The zero-order chi connectivity index (χ0) is 18.5. The second-order valence-electron chi connectivity index (χ2n) is 7.71. The van der Waals surface area contributed by atoms with Gasteiger partial charge in [0.15, 0.2) is 0 Å². The summed E-state index contributed by atoms with van der Waals surface area (Å²) in [4.78, 5) is 27.3. The summed E-state index contributed by atoms with van der Waals surface area (Å²) in [7, 11) is 0. The first-order chi connectivity index (χ1) is 11.2. The fourth-order valence-electron chi connectivity index (χ4n) is 3.76. The molecule has 0 aliphatic heterocycles. The number of primary amides is 1. The molecule has 1 aliphatic rings. The molecule has 0 aromatic rings. The van der Waals surface area contributed by atoms with Crippen LogP contribution in [0.4, 0.5) is 0 Å². The molecule has 6 nitrogen and oxygen atoms in total. The zero-order valence-corrected chi connectivity index (χ0v) is 15.5. The van der Waals surface area contributed by atoms with E-state index < -0.39 is 23.4 Å². The van der Waals surface area contributed by atoms with Gasteiger partial charge in [0, 0.05) is 0 Å². The van der Waals surface area contributed by atoms with Gasteiger partial charge in [-0.15, -0.1) is 0 Å². The highest BCUT2D eigenvalue weighted by molar-refractivity contribution is 6.04. The van der Waals surface area contributed by atoms with Crippen LogP contribution in [0.15, 0.2) is 0 Å². The van der Waals surface area contributed by atoms with E-state index >= 15 is 0 Å². The molecule has 0 bridgehead atoms. The molecule has 6 heteroatoms. The van der Waals surface area contributed by atoms with Gasteiger partial charge >= 0.3 is 0 Å². The first kappa shape index (κ1) is 20.9. The maximum Gasteiger partial charge on any atom is 0.238 e. The minimum Gasteiger partial charge on any atom is -0.394 e. The van der Waals surface area contributed by atoms with E-state index in [1.165, 1.54) is 0 Å². The molecule has 2 atom stereocenters. The first-order valence-electron chi connectivity index (χ1n) is 9.07. The molecule has 0 heterocycles. The van der Waals surface area contributed by atoms with E-state index in [9.17, 15) is 19.8 Å². The Labute approximate surface area is 145 Å². The molecule has 0 aromatic heterocycles. The smallest absolute Gasteiger partial charge is 0.238 e. The standard InChI is InChI=1S/C18H34N2O4/c1-12(2)14(10-21)20(15(11-22)13(3)4)17(24)18(16(19)23)8-6-5-7-9-18/h12-15,21-22H,5-11H2,1-4H3,(H2,19,23)/t14-,15-/m0/s1. The Hall–Kier alpha value is -1.14. The molecule has 2 amide bonds. The lowest BCUT2D eigenvalue weighted by molar-refractivity contribution is -0.160. The Morgan fingerprint density at radius 2 is 1.38 bits per heavy atom. The predicted octanol–water partition coefficient (Wildman–Crippen LogP) is 1.28. The lowest BCUT2D eigenvalue weighted by Gasteiger charge is -2.46. The van der Waals surface area contributed by atoms with E-state index in [4.69, 9.17) is 5.73 Å². The van der Waals surface area contributed by atoms with Gasteiger partial charge in [0.25, 0.3) is 0 Å². The van der Waals surface area contributed by atoms with Crippen molar-refractivity contribution in [3.8, 4) is 0 Å². The monoisotopic (exact) mass is 342 g/mol. The summed E-state index contributed by atoms with van der Waals surface area (Å²) in [6.07, 6.45) is 3.47.